The van der Waals surface area contributed by atoms with Crippen LogP contribution in [0.2, 0.25) is 0 Å². The molecule has 4 aromatic rings. The number of thioether (sulfide) groups is 1. The number of amidine groups is 1. The summed E-state index contributed by atoms with van der Waals surface area (Å²) in [6.45, 7) is 1.81. The molecule has 2 N–H and O–H groups in total. The van der Waals surface area contributed by atoms with Gasteiger partial charge in [0.25, 0.3) is 11.8 Å². The lowest BCUT2D eigenvalue weighted by atomic mass is 10.1. The zero-order valence-electron chi connectivity index (χ0n) is 19.3. The van der Waals surface area contributed by atoms with Crippen LogP contribution in [0.3, 0.4) is 0 Å². The number of fused-ring (bicyclic) bond motifs is 1. The predicted molar refractivity (Wildman–Crippen MR) is 144 cm³/mol. The van der Waals surface area contributed by atoms with E-state index in [0.717, 1.165) is 10.8 Å². The topological polar surface area (TPSA) is 90.9 Å². The maximum atomic E-state index is 13.1. The second-order valence-electron chi connectivity index (χ2n) is 8.13. The fourth-order valence-corrected chi connectivity index (χ4v) is 4.89. The van der Waals surface area contributed by atoms with Gasteiger partial charge in [0.2, 0.25) is 5.91 Å². The van der Waals surface area contributed by atoms with E-state index in [-0.39, 0.29) is 22.6 Å². The number of hydrogen-bond donors (Lipinski definition) is 2. The number of anilines is 2. The summed E-state index contributed by atoms with van der Waals surface area (Å²) in [6, 6.07) is 29.0. The number of carbonyl (C=O) groups is 3. The number of carbonyl (C=O) groups excluding carboxylic acids is 3. The van der Waals surface area contributed by atoms with Crippen LogP contribution in [0, 0.1) is 0 Å². The fraction of sp³-hybridized carbons (Fsp3) is 0.0714. The van der Waals surface area contributed by atoms with E-state index < -0.39 is 5.91 Å². The van der Waals surface area contributed by atoms with Crippen molar-refractivity contribution in [1.29, 1.82) is 0 Å². The molecule has 7 nitrogen and oxygen atoms in total. The molecule has 1 heterocycles. The van der Waals surface area contributed by atoms with Crippen molar-refractivity contribution in [2.75, 3.05) is 10.2 Å². The molecule has 5 rings (SSSR count). The van der Waals surface area contributed by atoms with Gasteiger partial charge in [-0.05, 0) is 42.6 Å². The van der Waals surface area contributed by atoms with Crippen LogP contribution in [0.4, 0.5) is 11.4 Å². The molecule has 178 valence electrons. The Bertz CT molecular complexity index is 1500. The first kappa shape index (κ1) is 23.3. The number of nitrogens with zero attached hydrogens (tertiary/aromatic N) is 2. The third-order valence-electron chi connectivity index (χ3n) is 5.76. The van der Waals surface area contributed by atoms with Gasteiger partial charge < -0.3 is 5.32 Å². The molecule has 0 bridgehead atoms. The summed E-state index contributed by atoms with van der Waals surface area (Å²) in [5.74, 6) is -0.938. The second-order valence-corrected chi connectivity index (χ2v) is 9.44. The van der Waals surface area contributed by atoms with Gasteiger partial charge in [0.05, 0.1) is 22.2 Å². The summed E-state index contributed by atoms with van der Waals surface area (Å²) < 4.78 is 0. The van der Waals surface area contributed by atoms with E-state index >= 15 is 0 Å². The molecule has 1 fully saturated rings. The van der Waals surface area contributed by atoms with Gasteiger partial charge in [0.1, 0.15) is 0 Å². The van der Waals surface area contributed by atoms with Gasteiger partial charge in [-0.1, -0.05) is 78.5 Å². The van der Waals surface area contributed by atoms with Crippen molar-refractivity contribution in [3.63, 3.8) is 0 Å². The number of para-hydroxylation sites is 1. The molecule has 0 radical (unpaired) electrons. The molecule has 8 heteroatoms. The third-order valence-corrected chi connectivity index (χ3v) is 6.80. The number of nitrogens with one attached hydrogen (secondary N) is 2. The van der Waals surface area contributed by atoms with Crippen LogP contribution >= 0.6 is 11.8 Å². The summed E-state index contributed by atoms with van der Waals surface area (Å²) in [4.78, 5) is 40.3. The normalized spacial score (nSPS) is 16.4. The zero-order valence-corrected chi connectivity index (χ0v) is 20.2. The van der Waals surface area contributed by atoms with Crippen molar-refractivity contribution in [2.45, 2.75) is 12.2 Å². The average molecular weight is 495 g/mol. The molecule has 0 saturated carbocycles. The molecule has 0 aromatic heterocycles. The van der Waals surface area contributed by atoms with Crippen molar-refractivity contribution in [1.82, 2.24) is 5.43 Å². The molecule has 0 unspecified atom stereocenters. The Labute approximate surface area is 212 Å². The number of benzene rings is 4. The van der Waals surface area contributed by atoms with Crippen LogP contribution < -0.4 is 15.6 Å². The number of hydrazone groups is 1. The smallest absolute Gasteiger partial charge is 0.273 e. The van der Waals surface area contributed by atoms with Gasteiger partial charge in [-0.3, -0.25) is 19.3 Å². The molecule has 1 aliphatic rings. The van der Waals surface area contributed by atoms with Gasteiger partial charge in [0, 0.05) is 10.9 Å². The number of hydrogen-bond acceptors (Lipinski definition) is 5. The van der Waals surface area contributed by atoms with Crippen LogP contribution in [0.5, 0.6) is 0 Å². The average Bonchev–Trinajstić information content (AvgIpc) is 3.20. The Hall–Kier alpha value is -4.43. The van der Waals surface area contributed by atoms with Crippen LogP contribution in [0.15, 0.2) is 102 Å². The Morgan fingerprint density at radius 2 is 1.53 bits per heavy atom. The van der Waals surface area contributed by atoms with Crippen molar-refractivity contribution in [3.05, 3.63) is 108 Å². The van der Waals surface area contributed by atoms with E-state index in [1.54, 1.807) is 53.4 Å². The number of rotatable bonds is 5. The minimum Gasteiger partial charge on any atom is -0.321 e. The predicted octanol–water partition coefficient (Wildman–Crippen LogP) is 5.26. The number of amides is 3. The maximum Gasteiger partial charge on any atom is 0.273 e. The first-order valence-electron chi connectivity index (χ1n) is 11.3. The van der Waals surface area contributed by atoms with Crippen molar-refractivity contribution < 1.29 is 14.4 Å². The molecule has 0 spiro atoms. The summed E-state index contributed by atoms with van der Waals surface area (Å²) >= 11 is 1.28. The first-order chi connectivity index (χ1) is 17.5. The standard InChI is InChI=1S/C28H22N4O3S/c1-18-27(35)32(24-17-9-13-19-10-5-6-14-21(19)24)28(36-18)31-30-26(34)22-15-7-8-16-23(22)29-25(33)20-11-3-2-4-12-20/h2-18H,1H3,(H,29,33)(H,30,34)/b31-28+/t18-/m1/s1. The highest BCUT2D eigenvalue weighted by Crippen LogP contribution is 2.35. The Morgan fingerprint density at radius 3 is 2.36 bits per heavy atom. The SMILES string of the molecule is C[C@H]1S/C(=N/NC(=O)c2ccccc2NC(=O)c2ccccc2)N(c2cccc3ccccc23)C1=O. The van der Waals surface area contributed by atoms with E-state index in [1.807, 2.05) is 55.5 Å². The van der Waals surface area contributed by atoms with Crippen molar-refractivity contribution >= 4 is 56.8 Å². The van der Waals surface area contributed by atoms with E-state index in [1.165, 1.54) is 11.8 Å². The molecule has 1 atom stereocenters. The summed E-state index contributed by atoms with van der Waals surface area (Å²) in [6.07, 6.45) is 0. The van der Waals surface area contributed by atoms with Crippen molar-refractivity contribution in [3.8, 4) is 0 Å². The van der Waals surface area contributed by atoms with Gasteiger partial charge >= 0.3 is 0 Å². The van der Waals surface area contributed by atoms with Gasteiger partial charge in [-0.25, -0.2) is 5.43 Å². The minimum absolute atomic E-state index is 0.111. The second kappa shape index (κ2) is 10.1. The lowest BCUT2D eigenvalue weighted by molar-refractivity contribution is -0.116. The summed E-state index contributed by atoms with van der Waals surface area (Å²) in [7, 11) is 0. The van der Waals surface area contributed by atoms with Crippen LogP contribution in [-0.2, 0) is 4.79 Å². The highest BCUT2D eigenvalue weighted by molar-refractivity contribution is 8.16. The van der Waals surface area contributed by atoms with Gasteiger partial charge in [-0.15, -0.1) is 5.10 Å². The minimum atomic E-state index is -0.503. The molecule has 1 saturated heterocycles. The molecular weight excluding hydrogens is 472 g/mol. The largest absolute Gasteiger partial charge is 0.321 e. The maximum absolute atomic E-state index is 13.1. The highest BCUT2D eigenvalue weighted by atomic mass is 32.2. The van der Waals surface area contributed by atoms with Gasteiger partial charge in [-0.2, -0.15) is 0 Å². The van der Waals surface area contributed by atoms with Crippen molar-refractivity contribution in [2.24, 2.45) is 5.10 Å². The Kier molecular flexibility index (Phi) is 6.51. The van der Waals surface area contributed by atoms with E-state index in [9.17, 15) is 14.4 Å². The quantitative estimate of drug-likeness (QED) is 0.370. The molecule has 3 amide bonds. The highest BCUT2D eigenvalue weighted by Gasteiger charge is 2.37. The molecular formula is C28H22N4O3S. The van der Waals surface area contributed by atoms with Crippen LogP contribution in [-0.4, -0.2) is 28.1 Å². The lowest BCUT2D eigenvalue weighted by Crippen LogP contribution is -2.33. The molecule has 1 aliphatic heterocycles. The summed E-state index contributed by atoms with van der Waals surface area (Å²) in [5, 5.41) is 9.04. The van der Waals surface area contributed by atoms with E-state index in [2.05, 4.69) is 15.8 Å². The Balaban J connectivity index is 1.41. The fourth-order valence-electron chi connectivity index (χ4n) is 3.97. The zero-order chi connectivity index (χ0) is 25.1. The van der Waals surface area contributed by atoms with Crippen LogP contribution in [0.1, 0.15) is 27.6 Å². The molecule has 0 aliphatic carbocycles. The lowest BCUT2D eigenvalue weighted by Gasteiger charge is -2.18. The summed E-state index contributed by atoms with van der Waals surface area (Å²) in [5.41, 5.74) is 4.37. The van der Waals surface area contributed by atoms with E-state index in [0.29, 0.717) is 22.1 Å². The monoisotopic (exact) mass is 494 g/mol. The molecule has 4 aromatic carbocycles. The first-order valence-corrected chi connectivity index (χ1v) is 12.2. The van der Waals surface area contributed by atoms with E-state index in [4.69, 9.17) is 0 Å². The van der Waals surface area contributed by atoms with Gasteiger partial charge in [0.15, 0.2) is 5.17 Å². The molecule has 36 heavy (non-hydrogen) atoms. The third kappa shape index (κ3) is 4.58. The van der Waals surface area contributed by atoms with Crippen LogP contribution in [0.25, 0.3) is 10.8 Å². The Morgan fingerprint density at radius 1 is 0.833 bits per heavy atom.